The van der Waals surface area contributed by atoms with Crippen LogP contribution in [-0.2, 0) is 0 Å². The Morgan fingerprint density at radius 2 is 1.79 bits per heavy atom. The van der Waals surface area contributed by atoms with Crippen LogP contribution in [0, 0.1) is 0 Å². The van der Waals surface area contributed by atoms with Crippen LogP contribution in [0.4, 0.5) is 0 Å². The minimum absolute atomic E-state index is 0.0741. The third-order valence-electron chi connectivity index (χ3n) is 3.77. The fourth-order valence-electron chi connectivity index (χ4n) is 2.53. The maximum absolute atomic E-state index is 10.0. The van der Waals surface area contributed by atoms with Gasteiger partial charge in [-0.25, -0.2) is 0 Å². The monoisotopic (exact) mass is 265 g/mol. The van der Waals surface area contributed by atoms with Crippen molar-refractivity contribution >= 4 is 0 Å². The number of rotatable bonds is 3. The van der Waals surface area contributed by atoms with Gasteiger partial charge in [-0.1, -0.05) is 19.9 Å². The zero-order valence-electron chi connectivity index (χ0n) is 11.6. The number of hydrogen-bond acceptors (Lipinski definition) is 4. The van der Waals surface area contributed by atoms with E-state index in [0.29, 0.717) is 5.75 Å². The summed E-state index contributed by atoms with van der Waals surface area (Å²) in [7, 11) is 0. The third-order valence-corrected chi connectivity index (χ3v) is 3.77. The van der Waals surface area contributed by atoms with Gasteiger partial charge in [0.2, 0.25) is 5.75 Å². The molecule has 106 valence electrons. The predicted octanol–water partition coefficient (Wildman–Crippen LogP) is 2.87. The molecule has 0 aromatic heterocycles. The molecule has 0 heterocycles. The molecular formula is C15H23NO3. The molecule has 4 heteroatoms. The van der Waals surface area contributed by atoms with Gasteiger partial charge < -0.3 is 20.7 Å². The van der Waals surface area contributed by atoms with Gasteiger partial charge in [-0.15, -0.1) is 0 Å². The largest absolute Gasteiger partial charge is 0.504 e. The summed E-state index contributed by atoms with van der Waals surface area (Å²) in [5.74, 6) is 0.371. The summed E-state index contributed by atoms with van der Waals surface area (Å²) in [6.45, 7) is 4.07. The summed E-state index contributed by atoms with van der Waals surface area (Å²) in [6, 6.07) is 3.58. The van der Waals surface area contributed by atoms with E-state index in [1.165, 1.54) is 6.07 Å². The van der Waals surface area contributed by atoms with E-state index in [4.69, 9.17) is 10.5 Å². The van der Waals surface area contributed by atoms with Gasteiger partial charge in [-0.2, -0.15) is 0 Å². The summed E-state index contributed by atoms with van der Waals surface area (Å²) < 4.78 is 5.94. The first-order chi connectivity index (χ1) is 8.99. The molecule has 2 rings (SSSR count). The number of aromatic hydroxyl groups is 2. The van der Waals surface area contributed by atoms with Gasteiger partial charge in [-0.3, -0.25) is 0 Å². The maximum atomic E-state index is 10.0. The van der Waals surface area contributed by atoms with E-state index in [2.05, 4.69) is 0 Å². The van der Waals surface area contributed by atoms with Crippen LogP contribution < -0.4 is 10.5 Å². The van der Waals surface area contributed by atoms with Crippen molar-refractivity contribution in [3.8, 4) is 17.2 Å². The molecule has 0 radical (unpaired) electrons. The average molecular weight is 265 g/mol. The van der Waals surface area contributed by atoms with Crippen molar-refractivity contribution < 1.29 is 14.9 Å². The number of phenolic OH excluding ortho intramolecular Hbond substituents is 2. The molecule has 0 saturated heterocycles. The molecule has 1 fully saturated rings. The Kier molecular flexibility index (Phi) is 4.20. The number of nitrogens with two attached hydrogens (primary N) is 1. The number of hydrogen-bond donors (Lipinski definition) is 3. The summed E-state index contributed by atoms with van der Waals surface area (Å²) in [4.78, 5) is 0. The highest BCUT2D eigenvalue weighted by Gasteiger charge is 2.24. The molecule has 1 aromatic rings. The molecule has 0 bridgehead atoms. The van der Waals surface area contributed by atoms with Crippen LogP contribution in [0.1, 0.15) is 51.0 Å². The van der Waals surface area contributed by atoms with Crippen LogP contribution in [0.2, 0.25) is 0 Å². The fourth-order valence-corrected chi connectivity index (χ4v) is 2.53. The Morgan fingerprint density at radius 3 is 2.37 bits per heavy atom. The van der Waals surface area contributed by atoms with Gasteiger partial charge in [0.05, 0.1) is 6.10 Å². The molecule has 1 aromatic carbocycles. The summed E-state index contributed by atoms with van der Waals surface area (Å²) >= 11 is 0. The molecule has 1 saturated carbocycles. The highest BCUT2D eigenvalue weighted by atomic mass is 16.5. The lowest BCUT2D eigenvalue weighted by Crippen LogP contribution is -2.31. The van der Waals surface area contributed by atoms with E-state index in [-0.39, 0.29) is 29.6 Å². The van der Waals surface area contributed by atoms with E-state index in [1.807, 2.05) is 19.9 Å². The number of phenols is 2. The summed E-state index contributed by atoms with van der Waals surface area (Å²) in [5, 5.41) is 19.6. The van der Waals surface area contributed by atoms with E-state index in [9.17, 15) is 10.2 Å². The molecule has 0 spiro atoms. The zero-order valence-corrected chi connectivity index (χ0v) is 11.6. The lowest BCUT2D eigenvalue weighted by molar-refractivity contribution is 0.140. The van der Waals surface area contributed by atoms with Crippen LogP contribution in [0.25, 0.3) is 0 Å². The van der Waals surface area contributed by atoms with Crippen LogP contribution in [-0.4, -0.2) is 22.4 Å². The lowest BCUT2D eigenvalue weighted by atomic mass is 9.93. The maximum Gasteiger partial charge on any atom is 0.200 e. The first kappa shape index (κ1) is 14.0. The summed E-state index contributed by atoms with van der Waals surface area (Å²) in [5.41, 5.74) is 6.80. The Morgan fingerprint density at radius 1 is 1.16 bits per heavy atom. The second-order valence-corrected chi connectivity index (χ2v) is 5.66. The van der Waals surface area contributed by atoms with E-state index < -0.39 is 0 Å². The molecule has 4 N–H and O–H groups in total. The van der Waals surface area contributed by atoms with Gasteiger partial charge in [0.1, 0.15) is 0 Å². The second-order valence-electron chi connectivity index (χ2n) is 5.66. The molecule has 4 nitrogen and oxygen atoms in total. The van der Waals surface area contributed by atoms with Crippen LogP contribution >= 0.6 is 0 Å². The topological polar surface area (TPSA) is 75.7 Å². The van der Waals surface area contributed by atoms with E-state index in [0.717, 1.165) is 31.2 Å². The Hall–Kier alpha value is -1.42. The van der Waals surface area contributed by atoms with E-state index >= 15 is 0 Å². The zero-order chi connectivity index (χ0) is 14.0. The van der Waals surface area contributed by atoms with Crippen LogP contribution in [0.3, 0.4) is 0 Å². The first-order valence-corrected chi connectivity index (χ1v) is 6.96. The van der Waals surface area contributed by atoms with Crippen LogP contribution in [0.15, 0.2) is 12.1 Å². The van der Waals surface area contributed by atoms with Gasteiger partial charge in [0.15, 0.2) is 11.5 Å². The molecule has 0 aliphatic heterocycles. The molecule has 1 aliphatic carbocycles. The SMILES string of the molecule is CC(C)c1ccc(O)c(O)c1O[C@H]1CC[C@@H](N)CC1. The van der Waals surface area contributed by atoms with Crippen molar-refractivity contribution in [3.63, 3.8) is 0 Å². The van der Waals surface area contributed by atoms with Crippen molar-refractivity contribution in [2.45, 2.75) is 57.6 Å². The van der Waals surface area contributed by atoms with E-state index in [1.54, 1.807) is 0 Å². The standard InChI is InChI=1S/C15H23NO3/c1-9(2)12-7-8-13(17)14(18)15(12)19-11-5-3-10(16)4-6-11/h7-11,17-18H,3-6,16H2,1-2H3/t10-,11+. The Labute approximate surface area is 114 Å². The van der Waals surface area contributed by atoms with Crippen molar-refractivity contribution in [1.82, 2.24) is 0 Å². The predicted molar refractivity (Wildman–Crippen MR) is 74.7 cm³/mol. The average Bonchev–Trinajstić information content (AvgIpc) is 2.37. The fraction of sp³-hybridized carbons (Fsp3) is 0.600. The van der Waals surface area contributed by atoms with Gasteiger partial charge >= 0.3 is 0 Å². The van der Waals surface area contributed by atoms with Gasteiger partial charge in [0, 0.05) is 11.6 Å². The molecule has 0 atom stereocenters. The lowest BCUT2D eigenvalue weighted by Gasteiger charge is -2.28. The molecule has 0 unspecified atom stereocenters. The molecule has 1 aliphatic rings. The highest BCUT2D eigenvalue weighted by molar-refractivity contribution is 5.55. The van der Waals surface area contributed by atoms with Gasteiger partial charge in [0.25, 0.3) is 0 Å². The molecule has 19 heavy (non-hydrogen) atoms. The normalized spacial score (nSPS) is 23.6. The molecular weight excluding hydrogens is 242 g/mol. The van der Waals surface area contributed by atoms with Crippen molar-refractivity contribution in [2.24, 2.45) is 5.73 Å². The van der Waals surface area contributed by atoms with Crippen molar-refractivity contribution in [1.29, 1.82) is 0 Å². The molecule has 0 amide bonds. The van der Waals surface area contributed by atoms with Crippen molar-refractivity contribution in [2.75, 3.05) is 0 Å². The van der Waals surface area contributed by atoms with Crippen LogP contribution in [0.5, 0.6) is 17.2 Å². The minimum Gasteiger partial charge on any atom is -0.504 e. The summed E-state index contributed by atoms with van der Waals surface area (Å²) in [6.07, 6.45) is 3.76. The smallest absolute Gasteiger partial charge is 0.200 e. The minimum atomic E-state index is -0.152. The van der Waals surface area contributed by atoms with Crippen molar-refractivity contribution in [3.05, 3.63) is 17.7 Å². The highest BCUT2D eigenvalue weighted by Crippen LogP contribution is 2.42. The first-order valence-electron chi connectivity index (χ1n) is 6.96. The Balaban J connectivity index is 2.20. The number of benzene rings is 1. The second kappa shape index (κ2) is 5.70. The third kappa shape index (κ3) is 3.13. The quantitative estimate of drug-likeness (QED) is 0.734. The number of ether oxygens (including phenoxy) is 1. The van der Waals surface area contributed by atoms with Gasteiger partial charge in [-0.05, 0) is 37.7 Å². The Bertz CT molecular complexity index is 437.